The molecule has 0 bridgehead atoms. The maximum Gasteiger partial charge on any atom is 0.240 e. The molecule has 0 unspecified atom stereocenters. The van der Waals surface area contributed by atoms with Gasteiger partial charge in [-0.2, -0.15) is 0 Å². The van der Waals surface area contributed by atoms with Gasteiger partial charge < -0.3 is 0 Å². The molecule has 0 aliphatic heterocycles. The van der Waals surface area contributed by atoms with Crippen LogP contribution in [-0.2, 0) is 10.0 Å². The Hall–Kier alpha value is -0.913. The van der Waals surface area contributed by atoms with Crippen molar-refractivity contribution >= 4 is 18.1 Å². The maximum absolute atomic E-state index is 12.7. The van der Waals surface area contributed by atoms with Crippen LogP contribution in [0.25, 0.3) is 0 Å². The summed E-state index contributed by atoms with van der Waals surface area (Å²) in [7, 11) is -4.48. The third-order valence-corrected chi connectivity index (χ3v) is 7.85. The summed E-state index contributed by atoms with van der Waals surface area (Å²) in [6, 6.07) is 8.35. The molecule has 5 heteroatoms. The topological polar surface area (TPSA) is 46.2 Å². The van der Waals surface area contributed by atoms with Gasteiger partial charge in [-0.15, -0.1) is 0 Å². The summed E-state index contributed by atoms with van der Waals surface area (Å²) >= 11 is 0. The Morgan fingerprint density at radius 2 is 1.72 bits per heavy atom. The fraction of sp³-hybridized carbons (Fsp3) is 0.600. The molecule has 140 valence electrons. The molecule has 0 aromatic heterocycles. The van der Waals surface area contributed by atoms with Crippen molar-refractivity contribution in [1.82, 2.24) is 4.72 Å². The van der Waals surface area contributed by atoms with E-state index >= 15 is 0 Å². The van der Waals surface area contributed by atoms with Crippen LogP contribution in [0.1, 0.15) is 37.7 Å². The third-order valence-electron chi connectivity index (χ3n) is 4.88. The van der Waals surface area contributed by atoms with E-state index in [0.717, 1.165) is 31.2 Å². The molecule has 3 nitrogen and oxygen atoms in total. The zero-order valence-corrected chi connectivity index (χ0v) is 17.9. The monoisotopic (exact) mass is 379 g/mol. The fourth-order valence-electron chi connectivity index (χ4n) is 3.34. The summed E-state index contributed by atoms with van der Waals surface area (Å²) < 4.78 is 28.4. The second-order valence-corrected chi connectivity index (χ2v) is 15.8. The Morgan fingerprint density at radius 1 is 1.08 bits per heavy atom. The molecule has 2 atom stereocenters. The van der Waals surface area contributed by atoms with Crippen molar-refractivity contribution < 1.29 is 8.42 Å². The lowest BCUT2D eigenvalue weighted by atomic mass is 9.83. The van der Waals surface area contributed by atoms with Gasteiger partial charge in [-0.25, -0.2) is 13.1 Å². The number of nitrogens with one attached hydrogen (secondary N) is 1. The summed E-state index contributed by atoms with van der Waals surface area (Å²) in [4.78, 5) is 0.372. The molecular formula is C20H33NO2SSi. The zero-order valence-electron chi connectivity index (χ0n) is 16.1. The van der Waals surface area contributed by atoms with Gasteiger partial charge >= 0.3 is 0 Å². The number of benzene rings is 1. The molecule has 25 heavy (non-hydrogen) atoms. The van der Waals surface area contributed by atoms with Crippen molar-refractivity contribution in [1.29, 1.82) is 0 Å². The average Bonchev–Trinajstić information content (AvgIpc) is 2.52. The molecule has 0 radical (unpaired) electrons. The molecule has 1 aromatic carbocycles. The predicted octanol–water partition coefficient (Wildman–Crippen LogP) is 5.12. The van der Waals surface area contributed by atoms with Gasteiger partial charge in [-0.3, -0.25) is 0 Å². The van der Waals surface area contributed by atoms with E-state index in [9.17, 15) is 8.42 Å². The quantitative estimate of drug-likeness (QED) is 0.528. The number of hydrogen-bond donors (Lipinski definition) is 1. The highest BCUT2D eigenvalue weighted by atomic mass is 32.2. The van der Waals surface area contributed by atoms with Crippen LogP contribution >= 0.6 is 0 Å². The van der Waals surface area contributed by atoms with Crippen LogP contribution in [0.3, 0.4) is 0 Å². The summed E-state index contributed by atoms with van der Waals surface area (Å²) in [5, 5.41) is 0. The number of sulfonamides is 1. The summed E-state index contributed by atoms with van der Waals surface area (Å²) in [5.74, 6) is 0.409. The largest absolute Gasteiger partial charge is 0.240 e. The van der Waals surface area contributed by atoms with E-state index in [1.165, 1.54) is 12.5 Å². The van der Waals surface area contributed by atoms with Crippen molar-refractivity contribution in [2.75, 3.05) is 0 Å². The lowest BCUT2D eigenvalue weighted by molar-refractivity contribution is 0.291. The maximum atomic E-state index is 12.7. The van der Waals surface area contributed by atoms with Crippen molar-refractivity contribution in [2.24, 2.45) is 5.92 Å². The molecule has 1 aliphatic rings. The van der Waals surface area contributed by atoms with E-state index in [2.05, 4.69) is 36.5 Å². The van der Waals surface area contributed by atoms with Gasteiger partial charge in [-0.05, 0) is 50.3 Å². The molecule has 2 rings (SSSR count). The molecule has 1 fully saturated rings. The minimum Gasteiger partial charge on any atom is -0.208 e. The van der Waals surface area contributed by atoms with Crippen LogP contribution in [0.5, 0.6) is 0 Å². The van der Waals surface area contributed by atoms with Crippen molar-refractivity contribution in [3.05, 3.63) is 42.0 Å². The average molecular weight is 380 g/mol. The van der Waals surface area contributed by atoms with Crippen LogP contribution < -0.4 is 4.72 Å². The predicted molar refractivity (Wildman–Crippen MR) is 109 cm³/mol. The van der Waals surface area contributed by atoms with E-state index in [1.54, 1.807) is 12.1 Å². The van der Waals surface area contributed by atoms with E-state index in [0.29, 0.717) is 10.8 Å². The third kappa shape index (κ3) is 6.72. The first-order chi connectivity index (χ1) is 11.7. The highest BCUT2D eigenvalue weighted by molar-refractivity contribution is 7.89. The zero-order chi connectivity index (χ0) is 18.5. The Kier molecular flexibility index (Phi) is 7.06. The first-order valence-corrected chi connectivity index (χ1v) is 14.6. The second-order valence-electron chi connectivity index (χ2n) is 8.56. The molecule has 1 aromatic rings. The van der Waals surface area contributed by atoms with Crippen LogP contribution in [0.4, 0.5) is 0 Å². The molecule has 1 N–H and O–H groups in total. The molecule has 0 amide bonds. The Bertz CT molecular complexity index is 675. The van der Waals surface area contributed by atoms with Gasteiger partial charge in [0.25, 0.3) is 0 Å². The Morgan fingerprint density at radius 3 is 2.36 bits per heavy atom. The van der Waals surface area contributed by atoms with Crippen LogP contribution in [0.2, 0.25) is 25.7 Å². The number of allylic oxidation sites excluding steroid dienone is 2. The van der Waals surface area contributed by atoms with Crippen LogP contribution in [0.15, 0.2) is 41.3 Å². The highest BCUT2D eigenvalue weighted by Gasteiger charge is 2.28. The Labute approximate surface area is 155 Å². The summed E-state index contributed by atoms with van der Waals surface area (Å²) in [6.07, 6.45) is 9.93. The van der Waals surface area contributed by atoms with Gasteiger partial charge in [0, 0.05) is 14.1 Å². The number of rotatable bonds is 7. The number of hydrogen-bond acceptors (Lipinski definition) is 2. The normalized spacial score (nSPS) is 22.4. The first-order valence-electron chi connectivity index (χ1n) is 9.41. The lowest BCUT2D eigenvalue weighted by Gasteiger charge is -2.31. The van der Waals surface area contributed by atoms with E-state index in [-0.39, 0.29) is 6.04 Å². The van der Waals surface area contributed by atoms with E-state index in [4.69, 9.17) is 0 Å². The SMILES string of the molecule is Cc1ccc(S(=O)(=O)N[C@@H]2CCCC[C@@H]2C/C=C/C[Si](C)(C)C)cc1. The summed E-state index contributed by atoms with van der Waals surface area (Å²) in [6.45, 7) is 9.08. The van der Waals surface area contributed by atoms with Crippen molar-refractivity contribution in [2.45, 2.75) is 75.7 Å². The van der Waals surface area contributed by atoms with Gasteiger partial charge in [-0.1, -0.05) is 62.3 Å². The van der Waals surface area contributed by atoms with Gasteiger partial charge in [0.05, 0.1) is 4.90 Å². The molecule has 0 spiro atoms. The molecular weight excluding hydrogens is 346 g/mol. The standard InChI is InChI=1S/C20H33NO2SSi/c1-17-12-14-19(15-13-17)24(22,23)21-20-11-6-5-9-18(20)10-7-8-16-25(2,3)4/h7-8,12-15,18,20-21H,5-6,9-11,16H2,1-4H3/b8-7+/t18-,20-/m1/s1. The highest BCUT2D eigenvalue weighted by Crippen LogP contribution is 2.29. The fourth-order valence-corrected chi connectivity index (χ4v) is 5.55. The molecule has 0 saturated heterocycles. The molecule has 1 saturated carbocycles. The smallest absolute Gasteiger partial charge is 0.208 e. The van der Waals surface area contributed by atoms with Crippen LogP contribution in [-0.4, -0.2) is 22.5 Å². The Balaban J connectivity index is 2.01. The molecule has 1 aliphatic carbocycles. The number of aryl methyl sites for hydroxylation is 1. The van der Waals surface area contributed by atoms with E-state index in [1.807, 2.05) is 19.1 Å². The van der Waals surface area contributed by atoms with Crippen molar-refractivity contribution in [3.63, 3.8) is 0 Å². The van der Waals surface area contributed by atoms with E-state index < -0.39 is 18.1 Å². The molecule has 0 heterocycles. The first kappa shape index (κ1) is 20.4. The van der Waals surface area contributed by atoms with Crippen LogP contribution in [0, 0.1) is 12.8 Å². The van der Waals surface area contributed by atoms with Gasteiger partial charge in [0.15, 0.2) is 0 Å². The minimum atomic E-state index is -3.43. The van der Waals surface area contributed by atoms with Gasteiger partial charge in [0.2, 0.25) is 10.0 Å². The summed E-state index contributed by atoms with van der Waals surface area (Å²) in [5.41, 5.74) is 1.07. The minimum absolute atomic E-state index is 0.0524. The second kappa shape index (κ2) is 8.65. The van der Waals surface area contributed by atoms with Gasteiger partial charge in [0.1, 0.15) is 0 Å². The van der Waals surface area contributed by atoms with Crippen molar-refractivity contribution in [3.8, 4) is 0 Å². The lowest BCUT2D eigenvalue weighted by Crippen LogP contribution is -2.41.